The van der Waals surface area contributed by atoms with Crippen molar-refractivity contribution in [1.82, 2.24) is 0 Å². The van der Waals surface area contributed by atoms with Crippen molar-refractivity contribution >= 4 is 46.5 Å². The molecule has 180 valence electrons. The Labute approximate surface area is 215 Å². The van der Waals surface area contributed by atoms with Gasteiger partial charge in [0.1, 0.15) is 10.8 Å². The number of aliphatic imine (C=N–C) groups is 1. The fraction of sp³-hybridized carbons (Fsp3) is 0.357. The lowest BCUT2D eigenvalue weighted by Crippen LogP contribution is -2.42. The summed E-state index contributed by atoms with van der Waals surface area (Å²) in [6, 6.07) is 17.3. The van der Waals surface area contributed by atoms with Crippen LogP contribution in [0, 0.1) is 22.7 Å². The number of aryl methyl sites for hydroxylation is 1. The van der Waals surface area contributed by atoms with Gasteiger partial charge in [-0.05, 0) is 47.6 Å². The Kier molecular flexibility index (Phi) is 7.49. The number of anilines is 1. The number of rotatable bonds is 6. The molecule has 0 radical (unpaired) electrons. The monoisotopic (exact) mass is 505 g/mol. The zero-order chi connectivity index (χ0) is 25.2. The quantitative estimate of drug-likeness (QED) is 0.482. The molecule has 4 rings (SSSR count). The van der Waals surface area contributed by atoms with Crippen molar-refractivity contribution in [3.8, 4) is 6.07 Å². The molecule has 2 aromatic rings. The maximum Gasteiger partial charge on any atom is 0.234 e. The van der Waals surface area contributed by atoms with Crippen LogP contribution in [0.25, 0.3) is 0 Å². The van der Waals surface area contributed by atoms with E-state index in [9.17, 15) is 14.9 Å². The van der Waals surface area contributed by atoms with Crippen LogP contribution in [0.3, 0.4) is 0 Å². The number of nitrogens with one attached hydrogen (secondary N) is 1. The maximum atomic E-state index is 13.3. The molecule has 0 saturated heterocycles. The number of carbonyl (C=O) groups excluding carboxylic acids is 2. The molecular formula is C28H28ClN3O2S. The number of benzene rings is 2. The zero-order valence-electron chi connectivity index (χ0n) is 20.1. The Morgan fingerprint density at radius 3 is 2.57 bits per heavy atom. The van der Waals surface area contributed by atoms with Crippen LogP contribution in [0.2, 0.25) is 5.02 Å². The SMILES string of the molecule is CCc1ccccc1NC(=O)CSC1=C(C#N)[C@@H](c2ccc(Cl)cc2)[C@@H]2C(=O)CC(C)(C)CC2=N1. The first-order chi connectivity index (χ1) is 16.7. The van der Waals surface area contributed by atoms with E-state index in [0.717, 1.165) is 28.9 Å². The van der Waals surface area contributed by atoms with E-state index in [1.807, 2.05) is 43.3 Å². The van der Waals surface area contributed by atoms with Gasteiger partial charge in [0.2, 0.25) is 5.91 Å². The molecule has 1 N–H and O–H groups in total. The topological polar surface area (TPSA) is 82.3 Å². The van der Waals surface area contributed by atoms with Crippen LogP contribution >= 0.6 is 23.4 Å². The van der Waals surface area contributed by atoms with Gasteiger partial charge in [-0.3, -0.25) is 9.59 Å². The standard InChI is InChI=1S/C28H28ClN3O2S/c1-4-17-7-5-6-8-21(17)31-24(34)16-35-27-20(15-30)25(18-9-11-19(29)12-10-18)26-22(32-27)13-28(2,3)14-23(26)33/h5-12,25-26H,4,13-14,16H2,1-3H3,(H,31,34)/t25-,26+/m1/s1. The highest BCUT2D eigenvalue weighted by Crippen LogP contribution is 2.48. The fourth-order valence-corrected chi connectivity index (χ4v) is 5.91. The number of nitrogens with zero attached hydrogens (tertiary/aromatic N) is 2. The van der Waals surface area contributed by atoms with E-state index in [2.05, 4.69) is 25.2 Å². The van der Waals surface area contributed by atoms with E-state index < -0.39 is 11.8 Å². The number of amides is 1. The number of hydrogen-bond donors (Lipinski definition) is 1. The summed E-state index contributed by atoms with van der Waals surface area (Å²) >= 11 is 7.36. The number of carbonyl (C=O) groups is 2. The van der Waals surface area contributed by atoms with Crippen LogP contribution in [0.5, 0.6) is 0 Å². The minimum atomic E-state index is -0.464. The minimum absolute atomic E-state index is 0.102. The maximum absolute atomic E-state index is 13.3. The van der Waals surface area contributed by atoms with Gasteiger partial charge in [0, 0.05) is 28.8 Å². The number of hydrogen-bond acceptors (Lipinski definition) is 5. The first kappa shape index (κ1) is 25.2. The zero-order valence-corrected chi connectivity index (χ0v) is 21.7. The number of Topliss-reactive ketones (excluding diaryl/α,β-unsaturated/α-hetero) is 1. The molecule has 2 aliphatic rings. The van der Waals surface area contributed by atoms with Crippen molar-refractivity contribution in [2.24, 2.45) is 16.3 Å². The Hall–Kier alpha value is -2.88. The normalized spacial score (nSPS) is 21.1. The second-order valence-corrected chi connectivity index (χ2v) is 11.2. The van der Waals surface area contributed by atoms with Gasteiger partial charge in [-0.25, -0.2) is 4.99 Å². The van der Waals surface area contributed by atoms with Crippen molar-refractivity contribution in [3.63, 3.8) is 0 Å². The third-order valence-corrected chi connectivity index (χ3v) is 7.74. The molecule has 1 aliphatic heterocycles. The van der Waals surface area contributed by atoms with Crippen molar-refractivity contribution < 1.29 is 9.59 Å². The van der Waals surface area contributed by atoms with Crippen molar-refractivity contribution in [2.45, 2.75) is 46.0 Å². The second kappa shape index (κ2) is 10.4. The summed E-state index contributed by atoms with van der Waals surface area (Å²) in [6.45, 7) is 6.17. The second-order valence-electron chi connectivity index (χ2n) is 9.77. The Balaban J connectivity index is 1.65. The smallest absolute Gasteiger partial charge is 0.234 e. The number of para-hydroxylation sites is 1. The number of nitriles is 1. The lowest BCUT2D eigenvalue weighted by molar-refractivity contribution is -0.124. The van der Waals surface area contributed by atoms with E-state index in [0.29, 0.717) is 28.5 Å². The van der Waals surface area contributed by atoms with E-state index in [1.165, 1.54) is 11.8 Å². The predicted octanol–water partition coefficient (Wildman–Crippen LogP) is 6.55. The molecule has 0 aromatic heterocycles. The van der Waals surface area contributed by atoms with Crippen LogP contribution in [0.4, 0.5) is 5.69 Å². The highest BCUT2D eigenvalue weighted by Gasteiger charge is 2.46. The van der Waals surface area contributed by atoms with E-state index in [4.69, 9.17) is 16.6 Å². The van der Waals surface area contributed by atoms with Crippen LogP contribution in [-0.2, 0) is 16.0 Å². The number of allylic oxidation sites excluding steroid dienone is 1. The molecule has 1 amide bonds. The van der Waals surface area contributed by atoms with Gasteiger partial charge in [0.05, 0.1) is 23.3 Å². The summed E-state index contributed by atoms with van der Waals surface area (Å²) in [6.07, 6.45) is 1.93. The molecule has 1 fully saturated rings. The molecule has 2 aromatic carbocycles. The predicted molar refractivity (Wildman–Crippen MR) is 143 cm³/mol. The summed E-state index contributed by atoms with van der Waals surface area (Å²) in [7, 11) is 0. The van der Waals surface area contributed by atoms with Crippen molar-refractivity contribution in [2.75, 3.05) is 11.1 Å². The molecule has 7 heteroatoms. The Morgan fingerprint density at radius 1 is 1.17 bits per heavy atom. The number of halogens is 1. The van der Waals surface area contributed by atoms with E-state index >= 15 is 0 Å². The van der Waals surface area contributed by atoms with Crippen molar-refractivity contribution in [1.29, 1.82) is 5.26 Å². The van der Waals surface area contributed by atoms with Crippen molar-refractivity contribution in [3.05, 3.63) is 75.3 Å². The van der Waals surface area contributed by atoms with E-state index in [1.54, 1.807) is 12.1 Å². The average molecular weight is 506 g/mol. The number of thioether (sulfide) groups is 1. The molecule has 0 bridgehead atoms. The van der Waals surface area contributed by atoms with Gasteiger partial charge in [0.25, 0.3) is 0 Å². The van der Waals surface area contributed by atoms with Gasteiger partial charge in [-0.15, -0.1) is 0 Å². The van der Waals surface area contributed by atoms with Gasteiger partial charge < -0.3 is 5.32 Å². The first-order valence-corrected chi connectivity index (χ1v) is 13.1. The minimum Gasteiger partial charge on any atom is -0.325 e. The molecule has 0 spiro atoms. The van der Waals surface area contributed by atoms with Crippen LogP contribution in [0.1, 0.15) is 50.7 Å². The molecule has 0 unspecified atom stereocenters. The molecule has 1 heterocycles. The van der Waals surface area contributed by atoms with Crippen LogP contribution < -0.4 is 5.32 Å². The van der Waals surface area contributed by atoms with Gasteiger partial charge in [-0.2, -0.15) is 5.26 Å². The summed E-state index contributed by atoms with van der Waals surface area (Å²) in [4.78, 5) is 30.9. The van der Waals surface area contributed by atoms with Gasteiger partial charge >= 0.3 is 0 Å². The summed E-state index contributed by atoms with van der Waals surface area (Å²) in [5, 5.41) is 14.3. The van der Waals surface area contributed by atoms with Gasteiger partial charge in [-0.1, -0.05) is 74.5 Å². The molecule has 1 saturated carbocycles. The Morgan fingerprint density at radius 2 is 1.89 bits per heavy atom. The van der Waals surface area contributed by atoms with E-state index in [-0.39, 0.29) is 22.9 Å². The van der Waals surface area contributed by atoms with Gasteiger partial charge in [0.15, 0.2) is 0 Å². The third kappa shape index (κ3) is 5.52. The molecule has 2 atom stereocenters. The molecule has 5 nitrogen and oxygen atoms in total. The molecule has 35 heavy (non-hydrogen) atoms. The molecular weight excluding hydrogens is 478 g/mol. The lowest BCUT2D eigenvalue weighted by atomic mass is 9.64. The summed E-state index contributed by atoms with van der Waals surface area (Å²) in [5.74, 6) is -0.838. The lowest BCUT2D eigenvalue weighted by Gasteiger charge is -2.40. The van der Waals surface area contributed by atoms with Crippen LogP contribution in [0.15, 0.2) is 64.1 Å². The Bertz CT molecular complexity index is 1260. The first-order valence-electron chi connectivity index (χ1n) is 11.7. The largest absolute Gasteiger partial charge is 0.325 e. The number of ketones is 1. The molecule has 1 aliphatic carbocycles. The number of fused-ring (bicyclic) bond motifs is 1. The fourth-order valence-electron chi connectivity index (χ4n) is 4.94. The summed E-state index contributed by atoms with van der Waals surface area (Å²) < 4.78 is 0. The third-order valence-electron chi connectivity index (χ3n) is 6.50. The highest BCUT2D eigenvalue weighted by atomic mass is 35.5. The summed E-state index contributed by atoms with van der Waals surface area (Å²) in [5.41, 5.74) is 3.75. The highest BCUT2D eigenvalue weighted by molar-refractivity contribution is 8.03. The average Bonchev–Trinajstić information content (AvgIpc) is 2.82. The van der Waals surface area contributed by atoms with Crippen LogP contribution in [-0.4, -0.2) is 23.2 Å².